The number of likely N-dealkylation sites (tertiary alicyclic amines) is 1. The average molecular weight is 479 g/mol. The molecule has 2 aliphatic rings. The van der Waals surface area contributed by atoms with Gasteiger partial charge in [0.15, 0.2) is 11.6 Å². The summed E-state index contributed by atoms with van der Waals surface area (Å²) < 4.78 is 0. The summed E-state index contributed by atoms with van der Waals surface area (Å²) in [6.45, 7) is 6.01. The Morgan fingerprint density at radius 1 is 1.23 bits per heavy atom. The van der Waals surface area contributed by atoms with Crippen molar-refractivity contribution in [2.75, 3.05) is 50.0 Å². The molecule has 5 rings (SSSR count). The van der Waals surface area contributed by atoms with Crippen LogP contribution in [0.25, 0.3) is 11.0 Å². The largest absolute Gasteiger partial charge is 0.390 e. The van der Waals surface area contributed by atoms with Crippen molar-refractivity contribution < 1.29 is 9.90 Å². The van der Waals surface area contributed by atoms with Gasteiger partial charge in [-0.3, -0.25) is 14.8 Å². The van der Waals surface area contributed by atoms with Gasteiger partial charge in [-0.1, -0.05) is 24.3 Å². The smallest absolute Gasteiger partial charge is 0.219 e. The van der Waals surface area contributed by atoms with Crippen molar-refractivity contribution in [3.8, 4) is 0 Å². The maximum absolute atomic E-state index is 11.6. The Morgan fingerprint density at radius 3 is 2.77 bits per heavy atom. The molecular weight excluding hydrogens is 444 g/mol. The van der Waals surface area contributed by atoms with Crippen LogP contribution in [0, 0.1) is 0 Å². The van der Waals surface area contributed by atoms with Gasteiger partial charge in [0, 0.05) is 59.3 Å². The maximum Gasteiger partial charge on any atom is 0.219 e. The second-order valence-electron chi connectivity index (χ2n) is 9.71. The van der Waals surface area contributed by atoms with Gasteiger partial charge in [-0.25, -0.2) is 9.97 Å². The molecule has 0 unspecified atom stereocenters. The van der Waals surface area contributed by atoms with E-state index in [0.29, 0.717) is 18.9 Å². The van der Waals surface area contributed by atoms with Crippen molar-refractivity contribution in [2.24, 2.45) is 0 Å². The number of aromatic nitrogens is 4. The Bertz CT molecular complexity index is 1170. The molecule has 0 spiro atoms. The van der Waals surface area contributed by atoms with E-state index in [0.717, 1.165) is 62.3 Å². The fourth-order valence-electron chi connectivity index (χ4n) is 5.20. The minimum atomic E-state index is -0.511. The molecule has 3 aromatic rings. The Kier molecular flexibility index (Phi) is 6.83. The number of aliphatic hydroxyl groups excluding tert-OH is 1. The van der Waals surface area contributed by atoms with Gasteiger partial charge in [0.1, 0.15) is 17.4 Å². The van der Waals surface area contributed by atoms with E-state index >= 15 is 0 Å². The van der Waals surface area contributed by atoms with Gasteiger partial charge in [-0.15, -0.1) is 0 Å². The van der Waals surface area contributed by atoms with Gasteiger partial charge in [0.05, 0.1) is 6.10 Å². The quantitative estimate of drug-likeness (QED) is 0.470. The first-order chi connectivity index (χ1) is 17.0. The van der Waals surface area contributed by atoms with E-state index in [4.69, 9.17) is 0 Å². The number of hydrogen-bond donors (Lipinski definition) is 3. The number of fused-ring (bicyclic) bond motifs is 2. The zero-order valence-corrected chi connectivity index (χ0v) is 20.4. The molecule has 0 aliphatic carbocycles. The number of carbonyl (C=O) groups is 1. The highest BCUT2D eigenvalue weighted by Crippen LogP contribution is 2.27. The van der Waals surface area contributed by atoms with E-state index in [9.17, 15) is 9.90 Å². The predicted octanol–water partition coefficient (Wildman–Crippen LogP) is 1.63. The van der Waals surface area contributed by atoms with E-state index < -0.39 is 6.10 Å². The van der Waals surface area contributed by atoms with Gasteiger partial charge >= 0.3 is 0 Å². The fraction of sp³-hybridized carbons (Fsp3) is 0.520. The standard InChI is InChI=1S/C25H34N8O2/c1-17(34)33-11-8-20(9-12-33)28-24-22-23(26-16-27-24)25(30-29-22)31(2)14-21(35)15-32-10-7-18-5-3-4-6-19(18)13-32/h3-6,16,20-21,35H,7-15H2,1-2H3,(H,29,30)(H,26,27,28)/t21-/m1/s1. The number of rotatable bonds is 7. The van der Waals surface area contributed by atoms with Gasteiger partial charge in [0.2, 0.25) is 5.91 Å². The number of β-amino-alcohol motifs (C(OH)–C–C–N with tert-alkyl or cyclic N) is 1. The summed E-state index contributed by atoms with van der Waals surface area (Å²) in [5.41, 5.74) is 4.24. The number of aromatic amines is 1. The van der Waals surface area contributed by atoms with Crippen molar-refractivity contribution in [3.63, 3.8) is 0 Å². The lowest BCUT2D eigenvalue weighted by molar-refractivity contribution is -0.129. The van der Waals surface area contributed by atoms with Crippen LogP contribution >= 0.6 is 0 Å². The van der Waals surface area contributed by atoms with Crippen molar-refractivity contribution in [2.45, 2.75) is 44.9 Å². The van der Waals surface area contributed by atoms with E-state index in [1.807, 2.05) is 16.8 Å². The van der Waals surface area contributed by atoms with Crippen molar-refractivity contribution in [1.82, 2.24) is 30.0 Å². The molecule has 1 atom stereocenters. The highest BCUT2D eigenvalue weighted by atomic mass is 16.3. The zero-order chi connectivity index (χ0) is 24.4. The topological polar surface area (TPSA) is 114 Å². The summed E-state index contributed by atoms with van der Waals surface area (Å²) in [5, 5.41) is 21.9. The summed E-state index contributed by atoms with van der Waals surface area (Å²) in [6.07, 6.45) is 3.80. The van der Waals surface area contributed by atoms with Gasteiger partial charge in [-0.05, 0) is 30.4 Å². The van der Waals surface area contributed by atoms with Crippen LogP contribution in [0.3, 0.4) is 0 Å². The van der Waals surface area contributed by atoms with Crippen LogP contribution in [-0.4, -0.2) is 92.9 Å². The van der Waals surface area contributed by atoms with E-state index in [1.165, 1.54) is 11.1 Å². The number of nitrogens with zero attached hydrogens (tertiary/aromatic N) is 6. The molecule has 10 nitrogen and oxygen atoms in total. The molecule has 10 heteroatoms. The van der Waals surface area contributed by atoms with E-state index in [-0.39, 0.29) is 11.9 Å². The molecule has 2 aliphatic heterocycles. The van der Waals surface area contributed by atoms with Crippen LogP contribution < -0.4 is 10.2 Å². The number of piperidine rings is 1. The molecule has 3 N–H and O–H groups in total. The minimum absolute atomic E-state index is 0.126. The summed E-state index contributed by atoms with van der Waals surface area (Å²) in [7, 11) is 1.93. The Hall–Kier alpha value is -3.24. The SMILES string of the molecule is CC(=O)N1CCC(Nc2ncnc3c(N(C)C[C@@H](O)CN4CCc5ccccc5C4)n[nH]c23)CC1. The number of hydrogen-bond acceptors (Lipinski definition) is 8. The summed E-state index contributed by atoms with van der Waals surface area (Å²) in [6, 6.07) is 8.78. The number of H-pyrrole nitrogens is 1. The first kappa shape index (κ1) is 23.5. The van der Waals surface area contributed by atoms with Crippen molar-refractivity contribution in [3.05, 3.63) is 41.7 Å². The molecule has 1 aromatic carbocycles. The second kappa shape index (κ2) is 10.2. The molecule has 1 saturated heterocycles. The van der Waals surface area contributed by atoms with Gasteiger partial charge < -0.3 is 20.2 Å². The number of benzene rings is 1. The van der Waals surface area contributed by atoms with E-state index in [2.05, 4.69) is 54.6 Å². The van der Waals surface area contributed by atoms with Gasteiger partial charge in [0.25, 0.3) is 0 Å². The lowest BCUT2D eigenvalue weighted by Crippen LogP contribution is -2.41. The molecule has 4 heterocycles. The van der Waals surface area contributed by atoms with Gasteiger partial charge in [-0.2, -0.15) is 5.10 Å². The van der Waals surface area contributed by atoms with Crippen LogP contribution in [0.1, 0.15) is 30.9 Å². The fourth-order valence-corrected chi connectivity index (χ4v) is 5.20. The van der Waals surface area contributed by atoms with Crippen molar-refractivity contribution in [1.29, 1.82) is 0 Å². The molecule has 2 aromatic heterocycles. The third-order valence-electron chi connectivity index (χ3n) is 7.14. The van der Waals surface area contributed by atoms with Crippen LogP contribution in [-0.2, 0) is 17.8 Å². The van der Waals surface area contributed by atoms with Crippen LogP contribution in [0.4, 0.5) is 11.6 Å². The number of likely N-dealkylation sites (N-methyl/N-ethyl adjacent to an activating group) is 1. The van der Waals surface area contributed by atoms with Crippen LogP contribution in [0.15, 0.2) is 30.6 Å². The number of amides is 1. The monoisotopic (exact) mass is 478 g/mol. The number of nitrogens with one attached hydrogen (secondary N) is 2. The lowest BCUT2D eigenvalue weighted by Gasteiger charge is -2.32. The third-order valence-corrected chi connectivity index (χ3v) is 7.14. The second-order valence-corrected chi connectivity index (χ2v) is 9.71. The Labute approximate surface area is 205 Å². The molecule has 35 heavy (non-hydrogen) atoms. The van der Waals surface area contributed by atoms with Crippen LogP contribution in [0.2, 0.25) is 0 Å². The Balaban J connectivity index is 1.20. The molecule has 1 fully saturated rings. The Morgan fingerprint density at radius 2 is 2.00 bits per heavy atom. The summed E-state index contributed by atoms with van der Waals surface area (Å²) >= 11 is 0. The first-order valence-electron chi connectivity index (χ1n) is 12.4. The van der Waals surface area contributed by atoms with Crippen molar-refractivity contribution >= 4 is 28.6 Å². The maximum atomic E-state index is 11.6. The molecular formula is C25H34N8O2. The molecule has 1 amide bonds. The highest BCUT2D eigenvalue weighted by Gasteiger charge is 2.24. The average Bonchev–Trinajstić information content (AvgIpc) is 3.30. The normalized spacial score (nSPS) is 17.9. The molecule has 0 radical (unpaired) electrons. The number of carbonyl (C=O) groups excluding carboxylic acids is 1. The molecule has 0 saturated carbocycles. The first-order valence-corrected chi connectivity index (χ1v) is 12.4. The molecule has 186 valence electrons. The molecule has 0 bridgehead atoms. The lowest BCUT2D eigenvalue weighted by atomic mass is 10.00. The zero-order valence-electron chi connectivity index (χ0n) is 20.4. The summed E-state index contributed by atoms with van der Waals surface area (Å²) in [5.74, 6) is 1.54. The minimum Gasteiger partial charge on any atom is -0.390 e. The van der Waals surface area contributed by atoms with Crippen LogP contribution in [0.5, 0.6) is 0 Å². The third kappa shape index (κ3) is 5.23. The number of aliphatic hydroxyl groups is 1. The predicted molar refractivity (Wildman–Crippen MR) is 135 cm³/mol. The van der Waals surface area contributed by atoms with E-state index in [1.54, 1.807) is 13.3 Å². The summed E-state index contributed by atoms with van der Waals surface area (Å²) in [4.78, 5) is 26.6. The number of anilines is 2. The highest BCUT2D eigenvalue weighted by molar-refractivity contribution is 5.93.